The number of hydrogen-bond acceptors (Lipinski definition) is 1. The summed E-state index contributed by atoms with van der Waals surface area (Å²) in [5, 5.41) is 1.68. The molecule has 0 fully saturated rings. The summed E-state index contributed by atoms with van der Waals surface area (Å²) in [7, 11) is 0. The third-order valence-electron chi connectivity index (χ3n) is 1.59. The fraction of sp³-hybridized carbons (Fsp3) is 0.875. The molecule has 0 aliphatic rings. The van der Waals surface area contributed by atoms with E-state index in [1.807, 2.05) is 0 Å². The zero-order valence-electron chi connectivity index (χ0n) is 8.33. The molecule has 0 unspecified atom stereocenters. The normalized spacial score (nSPS) is 15.1. The lowest BCUT2D eigenvalue weighted by Gasteiger charge is -2.33. The summed E-state index contributed by atoms with van der Waals surface area (Å²) in [5.41, 5.74) is 6.70. The van der Waals surface area contributed by atoms with E-state index in [0.717, 1.165) is 0 Å². The van der Waals surface area contributed by atoms with Crippen molar-refractivity contribution in [2.24, 2.45) is 5.41 Å². The van der Waals surface area contributed by atoms with E-state index in [-0.39, 0.29) is 0 Å². The summed E-state index contributed by atoms with van der Waals surface area (Å²) in [4.78, 5) is 11.0. The van der Waals surface area contributed by atoms with E-state index in [1.54, 1.807) is 26.1 Å². The second-order valence-electron chi connectivity index (χ2n) is 4.13. The minimum Gasteiger partial charge on any atom is -0.666 e. The van der Waals surface area contributed by atoms with Gasteiger partial charge in [0.2, 0.25) is 5.91 Å². The molecule has 0 heterocycles. The first-order valence-corrected chi connectivity index (χ1v) is 4.09. The maximum atomic E-state index is 11.7. The number of rotatable bonds is 2. The molecule has 0 radical (unpaired) electrons. The van der Waals surface area contributed by atoms with Crippen molar-refractivity contribution in [2.45, 2.75) is 33.0 Å². The second-order valence-corrected chi connectivity index (χ2v) is 4.13. The van der Waals surface area contributed by atoms with Crippen LogP contribution in [-0.4, -0.2) is 24.7 Å². The molecular formula is C8H14F3N2O-. The van der Waals surface area contributed by atoms with Gasteiger partial charge in [0.05, 0.1) is 0 Å². The Bertz CT molecular complexity index is 208. The highest BCUT2D eigenvalue weighted by Gasteiger charge is 2.29. The largest absolute Gasteiger partial charge is 0.666 e. The van der Waals surface area contributed by atoms with E-state index in [0.29, 0.717) is 0 Å². The van der Waals surface area contributed by atoms with Crippen molar-refractivity contribution in [3.05, 3.63) is 5.73 Å². The predicted molar refractivity (Wildman–Crippen MR) is 46.6 cm³/mol. The van der Waals surface area contributed by atoms with Gasteiger partial charge in [-0.05, 0) is 5.41 Å². The van der Waals surface area contributed by atoms with Crippen LogP contribution >= 0.6 is 0 Å². The second kappa shape index (κ2) is 4.16. The number of hydrogen-bond donors (Lipinski definition) is 1. The zero-order valence-corrected chi connectivity index (χ0v) is 8.33. The van der Waals surface area contributed by atoms with Crippen LogP contribution in [0.25, 0.3) is 5.73 Å². The lowest BCUT2D eigenvalue weighted by molar-refractivity contribution is -0.139. The van der Waals surface area contributed by atoms with Gasteiger partial charge in [0.1, 0.15) is 6.54 Å². The van der Waals surface area contributed by atoms with E-state index < -0.39 is 30.1 Å². The third kappa shape index (κ3) is 5.06. The zero-order chi connectivity index (χ0) is 11.6. The molecule has 1 amide bonds. The molecular weight excluding hydrogens is 197 g/mol. The van der Waals surface area contributed by atoms with Gasteiger partial charge in [-0.25, -0.2) is 0 Å². The van der Waals surface area contributed by atoms with Crippen molar-refractivity contribution in [2.75, 3.05) is 6.54 Å². The van der Waals surface area contributed by atoms with Crippen LogP contribution in [0.3, 0.4) is 0 Å². The molecule has 0 saturated carbocycles. The standard InChI is InChI=1S/C8H14F3N2O/c1-7(2,3)5(12)6(14)13-4-8(9,10)11/h5,12H,4H2,1-3H3,(H,13,14)/q-1/t5-/m1/s1. The van der Waals surface area contributed by atoms with Gasteiger partial charge in [-0.1, -0.05) is 26.8 Å². The van der Waals surface area contributed by atoms with E-state index in [4.69, 9.17) is 5.73 Å². The highest BCUT2D eigenvalue weighted by atomic mass is 19.4. The van der Waals surface area contributed by atoms with Gasteiger partial charge in [0.25, 0.3) is 0 Å². The Labute approximate surface area is 80.8 Å². The molecule has 0 aromatic carbocycles. The molecule has 1 atom stereocenters. The van der Waals surface area contributed by atoms with E-state index in [2.05, 4.69) is 0 Å². The van der Waals surface area contributed by atoms with Gasteiger partial charge >= 0.3 is 6.18 Å². The summed E-state index contributed by atoms with van der Waals surface area (Å²) in [6, 6.07) is -1.19. The van der Waals surface area contributed by atoms with Gasteiger partial charge < -0.3 is 11.1 Å². The van der Waals surface area contributed by atoms with Crippen molar-refractivity contribution in [3.8, 4) is 0 Å². The molecule has 0 saturated heterocycles. The summed E-state index contributed by atoms with van der Waals surface area (Å²) in [6.45, 7) is 3.49. The van der Waals surface area contributed by atoms with Crippen molar-refractivity contribution >= 4 is 5.91 Å². The number of carbonyl (C=O) groups excluding carboxylic acids is 1. The van der Waals surface area contributed by atoms with Gasteiger partial charge in [-0.3, -0.25) is 4.79 Å². The summed E-state index contributed by atoms with van der Waals surface area (Å²) in [5.74, 6) is -0.894. The molecule has 2 N–H and O–H groups in total. The molecule has 0 aliphatic carbocycles. The quantitative estimate of drug-likeness (QED) is 0.747. The maximum Gasteiger partial charge on any atom is 0.405 e. The molecule has 0 rings (SSSR count). The Hall–Kier alpha value is -0.780. The van der Waals surface area contributed by atoms with Crippen LogP contribution in [0.4, 0.5) is 13.2 Å². The van der Waals surface area contributed by atoms with Crippen LogP contribution in [-0.2, 0) is 4.79 Å². The van der Waals surface area contributed by atoms with Gasteiger partial charge in [0.15, 0.2) is 0 Å². The first-order valence-electron chi connectivity index (χ1n) is 4.09. The highest BCUT2D eigenvalue weighted by Crippen LogP contribution is 2.21. The van der Waals surface area contributed by atoms with Gasteiger partial charge in [0, 0.05) is 0 Å². The molecule has 14 heavy (non-hydrogen) atoms. The molecule has 0 bridgehead atoms. The molecule has 0 spiro atoms. The average molecular weight is 211 g/mol. The first-order chi connectivity index (χ1) is 6.04. The first kappa shape index (κ1) is 13.2. The minimum absolute atomic E-state index is 0.657. The van der Waals surface area contributed by atoms with E-state index in [9.17, 15) is 18.0 Å². The third-order valence-corrected chi connectivity index (χ3v) is 1.59. The minimum atomic E-state index is -4.42. The molecule has 0 aromatic rings. The Morgan fingerprint density at radius 3 is 2.07 bits per heavy atom. The number of carbonyl (C=O) groups is 1. The lowest BCUT2D eigenvalue weighted by Crippen LogP contribution is -2.43. The van der Waals surface area contributed by atoms with Crippen LogP contribution in [0.15, 0.2) is 0 Å². The Morgan fingerprint density at radius 2 is 1.79 bits per heavy atom. The number of nitrogens with one attached hydrogen (secondary N) is 2. The van der Waals surface area contributed by atoms with Crippen molar-refractivity contribution in [3.63, 3.8) is 0 Å². The van der Waals surface area contributed by atoms with Crippen molar-refractivity contribution in [1.29, 1.82) is 0 Å². The average Bonchev–Trinajstić information content (AvgIpc) is 1.95. The van der Waals surface area contributed by atoms with Gasteiger partial charge in [-0.2, -0.15) is 13.2 Å². The molecule has 6 heteroatoms. The maximum absolute atomic E-state index is 11.7. The van der Waals surface area contributed by atoms with Crippen LogP contribution < -0.4 is 5.32 Å². The van der Waals surface area contributed by atoms with Crippen molar-refractivity contribution in [1.82, 2.24) is 5.32 Å². The van der Waals surface area contributed by atoms with Crippen LogP contribution in [0.5, 0.6) is 0 Å². The fourth-order valence-electron chi connectivity index (χ4n) is 0.683. The number of alkyl halides is 3. The molecule has 0 aliphatic heterocycles. The summed E-state index contributed by atoms with van der Waals surface area (Å²) >= 11 is 0. The molecule has 3 nitrogen and oxygen atoms in total. The van der Waals surface area contributed by atoms with Crippen molar-refractivity contribution < 1.29 is 18.0 Å². The Balaban J connectivity index is 4.11. The highest BCUT2D eigenvalue weighted by molar-refractivity contribution is 5.83. The van der Waals surface area contributed by atoms with Crippen LogP contribution in [0, 0.1) is 5.41 Å². The van der Waals surface area contributed by atoms with E-state index in [1.165, 1.54) is 0 Å². The smallest absolute Gasteiger partial charge is 0.405 e. The fourth-order valence-corrected chi connectivity index (χ4v) is 0.683. The molecule has 84 valence electrons. The molecule has 0 aromatic heterocycles. The number of amides is 1. The monoisotopic (exact) mass is 211 g/mol. The van der Waals surface area contributed by atoms with Gasteiger partial charge in [-0.15, -0.1) is 0 Å². The number of halogens is 3. The lowest BCUT2D eigenvalue weighted by atomic mass is 9.87. The summed E-state index contributed by atoms with van der Waals surface area (Å²) in [6.07, 6.45) is -4.42. The predicted octanol–water partition coefficient (Wildman–Crippen LogP) is 2.13. The van der Waals surface area contributed by atoms with Crippen LogP contribution in [0.1, 0.15) is 20.8 Å². The Kier molecular flexibility index (Phi) is 3.93. The Morgan fingerprint density at radius 1 is 1.36 bits per heavy atom. The summed E-state index contributed by atoms with van der Waals surface area (Å²) < 4.78 is 35.1. The SMILES string of the molecule is CC(C)(C)[C@H]([NH-])C(=O)NCC(F)(F)F. The van der Waals surface area contributed by atoms with Crippen LogP contribution in [0.2, 0.25) is 0 Å². The topological polar surface area (TPSA) is 52.9 Å². The van der Waals surface area contributed by atoms with E-state index >= 15 is 0 Å².